The molecule has 0 unspecified atom stereocenters. The van der Waals surface area contributed by atoms with Gasteiger partial charge in [-0.25, -0.2) is 0 Å². The first-order valence-electron chi connectivity index (χ1n) is 11.3. The molecule has 0 bridgehead atoms. The van der Waals surface area contributed by atoms with Crippen LogP contribution in [0.3, 0.4) is 0 Å². The number of hydrogen-bond acceptors (Lipinski definition) is 2. The Morgan fingerprint density at radius 3 is 2.53 bits per heavy atom. The lowest BCUT2D eigenvalue weighted by Crippen LogP contribution is -2.42. The van der Waals surface area contributed by atoms with E-state index in [9.17, 15) is 18.0 Å². The summed E-state index contributed by atoms with van der Waals surface area (Å²) in [5.41, 5.74) is 3.14. The first kappa shape index (κ1) is 21.3. The van der Waals surface area contributed by atoms with Crippen molar-refractivity contribution >= 4 is 11.9 Å². The highest BCUT2D eigenvalue weighted by molar-refractivity contribution is 6.06. The zero-order valence-electron chi connectivity index (χ0n) is 18.3. The second kappa shape index (κ2) is 7.50. The van der Waals surface area contributed by atoms with E-state index in [0.29, 0.717) is 23.8 Å². The number of ketones is 1. The minimum Gasteiger partial charge on any atom is -0.497 e. The quantitative estimate of drug-likeness (QED) is 0.478. The molecule has 2 saturated carbocycles. The Morgan fingerprint density at radius 1 is 1.09 bits per heavy atom. The number of benzene rings is 2. The fourth-order valence-electron chi connectivity index (χ4n) is 6.45. The Morgan fingerprint density at radius 2 is 1.84 bits per heavy atom. The number of methoxy groups -OCH3 is 1. The predicted octanol–water partition coefficient (Wildman–Crippen LogP) is 6.83. The number of aryl methyl sites for hydroxylation is 1. The molecule has 168 valence electrons. The van der Waals surface area contributed by atoms with Gasteiger partial charge in [0, 0.05) is 5.41 Å². The van der Waals surface area contributed by atoms with Crippen molar-refractivity contribution < 1.29 is 22.7 Å². The van der Waals surface area contributed by atoms with Gasteiger partial charge in [-0.1, -0.05) is 25.1 Å². The van der Waals surface area contributed by atoms with Crippen molar-refractivity contribution in [2.24, 2.45) is 17.3 Å². The van der Waals surface area contributed by atoms with Crippen LogP contribution in [-0.4, -0.2) is 12.9 Å². The lowest BCUT2D eigenvalue weighted by Gasteiger charge is -2.48. The van der Waals surface area contributed by atoms with Crippen LogP contribution in [0.2, 0.25) is 0 Å². The third-order valence-corrected chi connectivity index (χ3v) is 8.15. The van der Waals surface area contributed by atoms with Crippen molar-refractivity contribution in [3.63, 3.8) is 0 Å². The molecule has 0 N–H and O–H groups in total. The van der Waals surface area contributed by atoms with Gasteiger partial charge in [0.2, 0.25) is 0 Å². The van der Waals surface area contributed by atoms with Crippen LogP contribution in [0.15, 0.2) is 48.0 Å². The van der Waals surface area contributed by atoms with E-state index in [2.05, 4.69) is 19.1 Å². The highest BCUT2D eigenvalue weighted by Crippen LogP contribution is 2.61. The standard InChI is InChI=1S/C27H27F3O2/c1-26-12-11-22-21-10-8-20(32-2)14-17(21)5-9-23(22)24(26)15-18(25(26)31)13-16-3-6-19(7-4-16)27(28,29)30/h3-4,6-8,10,13-14,22-24H,5,9,11-12,15H2,1-2H3/b18-13+/t22-,23-,24+,26+/m1/s1. The monoisotopic (exact) mass is 440 g/mol. The topological polar surface area (TPSA) is 26.3 Å². The number of carbonyl (C=O) groups excluding carboxylic acids is 1. The summed E-state index contributed by atoms with van der Waals surface area (Å²) in [6, 6.07) is 11.5. The van der Waals surface area contributed by atoms with Crippen molar-refractivity contribution in [2.45, 2.75) is 51.1 Å². The van der Waals surface area contributed by atoms with Crippen LogP contribution >= 0.6 is 0 Å². The molecule has 3 aliphatic rings. The predicted molar refractivity (Wildman–Crippen MR) is 117 cm³/mol. The van der Waals surface area contributed by atoms with Gasteiger partial charge in [-0.15, -0.1) is 0 Å². The van der Waals surface area contributed by atoms with E-state index in [1.165, 1.54) is 23.3 Å². The maximum absolute atomic E-state index is 13.4. The molecule has 0 aliphatic heterocycles. The molecule has 32 heavy (non-hydrogen) atoms. The Balaban J connectivity index is 1.43. The zero-order chi connectivity index (χ0) is 22.7. The van der Waals surface area contributed by atoms with Crippen molar-refractivity contribution in [1.82, 2.24) is 0 Å². The van der Waals surface area contributed by atoms with Gasteiger partial charge < -0.3 is 4.74 Å². The average molecular weight is 441 g/mol. The summed E-state index contributed by atoms with van der Waals surface area (Å²) in [6.07, 6.45) is 2.07. The summed E-state index contributed by atoms with van der Waals surface area (Å²) < 4.78 is 44.0. The molecule has 2 aromatic rings. The molecule has 0 heterocycles. The maximum atomic E-state index is 13.4. The molecule has 2 aromatic carbocycles. The molecule has 2 nitrogen and oxygen atoms in total. The van der Waals surface area contributed by atoms with Crippen LogP contribution in [-0.2, 0) is 17.4 Å². The zero-order valence-corrected chi connectivity index (χ0v) is 18.3. The summed E-state index contributed by atoms with van der Waals surface area (Å²) in [7, 11) is 1.69. The molecule has 2 fully saturated rings. The highest BCUT2D eigenvalue weighted by atomic mass is 19.4. The van der Waals surface area contributed by atoms with Gasteiger partial charge in [0.15, 0.2) is 5.78 Å². The van der Waals surface area contributed by atoms with Gasteiger partial charge in [0.1, 0.15) is 5.75 Å². The van der Waals surface area contributed by atoms with Crippen molar-refractivity contribution in [2.75, 3.05) is 7.11 Å². The van der Waals surface area contributed by atoms with E-state index >= 15 is 0 Å². The fourth-order valence-corrected chi connectivity index (χ4v) is 6.45. The SMILES string of the molecule is COc1ccc2c(c1)CC[C@@H]1[C@@H]2CC[C@]2(C)C(=O)/C(=C/c3ccc(C(F)(F)F)cc3)C[C@@H]12. The summed E-state index contributed by atoms with van der Waals surface area (Å²) >= 11 is 0. The maximum Gasteiger partial charge on any atom is 0.416 e. The van der Waals surface area contributed by atoms with Crippen molar-refractivity contribution in [3.05, 3.63) is 70.3 Å². The number of rotatable bonds is 2. The molecule has 5 heteroatoms. The van der Waals surface area contributed by atoms with Gasteiger partial charge in [0.05, 0.1) is 12.7 Å². The number of fused-ring (bicyclic) bond motifs is 5. The summed E-state index contributed by atoms with van der Waals surface area (Å²) in [6.45, 7) is 2.10. The van der Waals surface area contributed by atoms with Crippen LogP contribution < -0.4 is 4.74 Å². The minimum absolute atomic E-state index is 0.182. The second-order valence-electron chi connectivity index (χ2n) is 9.76. The van der Waals surface area contributed by atoms with Gasteiger partial charge in [-0.3, -0.25) is 4.79 Å². The van der Waals surface area contributed by atoms with Gasteiger partial charge in [-0.05, 0) is 102 Å². The summed E-state index contributed by atoms with van der Waals surface area (Å²) in [5.74, 6) is 2.27. The normalized spacial score (nSPS) is 30.6. The molecular weight excluding hydrogens is 413 g/mol. The smallest absolute Gasteiger partial charge is 0.416 e. The van der Waals surface area contributed by atoms with Crippen molar-refractivity contribution in [3.8, 4) is 5.75 Å². The van der Waals surface area contributed by atoms with E-state index in [-0.39, 0.29) is 17.1 Å². The van der Waals surface area contributed by atoms with Gasteiger partial charge in [-0.2, -0.15) is 13.2 Å². The fraction of sp³-hybridized carbons (Fsp3) is 0.444. The lowest BCUT2D eigenvalue weighted by atomic mass is 9.55. The average Bonchev–Trinajstić information content (AvgIpc) is 3.03. The Kier molecular flexibility index (Phi) is 4.99. The molecule has 0 amide bonds. The first-order chi connectivity index (χ1) is 15.2. The number of Topliss-reactive ketones (excluding diaryl/α,β-unsaturated/α-hetero) is 1. The second-order valence-corrected chi connectivity index (χ2v) is 9.76. The van der Waals surface area contributed by atoms with E-state index in [1.54, 1.807) is 7.11 Å². The van der Waals surface area contributed by atoms with Crippen LogP contribution in [0, 0.1) is 17.3 Å². The molecular formula is C27H27F3O2. The highest BCUT2D eigenvalue weighted by Gasteiger charge is 2.56. The molecule has 0 radical (unpaired) electrons. The van der Waals surface area contributed by atoms with E-state index in [1.807, 2.05) is 12.1 Å². The third kappa shape index (κ3) is 3.37. The van der Waals surface area contributed by atoms with Crippen LogP contribution in [0.1, 0.15) is 60.8 Å². The van der Waals surface area contributed by atoms with E-state index in [0.717, 1.165) is 49.1 Å². The number of alkyl halides is 3. The third-order valence-electron chi connectivity index (χ3n) is 8.15. The molecule has 0 aromatic heterocycles. The Hall–Kier alpha value is -2.56. The molecule has 4 atom stereocenters. The minimum atomic E-state index is -4.35. The van der Waals surface area contributed by atoms with Crippen LogP contribution in [0.4, 0.5) is 13.2 Å². The van der Waals surface area contributed by atoms with Gasteiger partial charge >= 0.3 is 6.18 Å². The molecule has 0 spiro atoms. The Labute approximate surface area is 186 Å². The van der Waals surface area contributed by atoms with Crippen LogP contribution in [0.5, 0.6) is 5.75 Å². The Bertz CT molecular complexity index is 1080. The number of carbonyl (C=O) groups is 1. The molecule has 0 saturated heterocycles. The largest absolute Gasteiger partial charge is 0.497 e. The van der Waals surface area contributed by atoms with E-state index in [4.69, 9.17) is 4.74 Å². The van der Waals surface area contributed by atoms with Gasteiger partial charge in [0.25, 0.3) is 0 Å². The molecule has 5 rings (SSSR count). The van der Waals surface area contributed by atoms with Crippen molar-refractivity contribution in [1.29, 1.82) is 0 Å². The van der Waals surface area contributed by atoms with E-state index < -0.39 is 11.7 Å². The molecule has 3 aliphatic carbocycles. The summed E-state index contributed by atoms with van der Waals surface area (Å²) in [5, 5.41) is 0. The van der Waals surface area contributed by atoms with Crippen LogP contribution in [0.25, 0.3) is 6.08 Å². The summed E-state index contributed by atoms with van der Waals surface area (Å²) in [4.78, 5) is 13.4. The number of halogens is 3. The number of hydrogen-bond donors (Lipinski definition) is 0. The number of allylic oxidation sites excluding steroid dienone is 1. The number of ether oxygens (including phenoxy) is 1. The first-order valence-corrected chi connectivity index (χ1v) is 11.3. The lowest BCUT2D eigenvalue weighted by molar-refractivity contribution is -0.137.